The van der Waals surface area contributed by atoms with E-state index >= 15 is 0 Å². The van der Waals surface area contributed by atoms with Gasteiger partial charge in [0.25, 0.3) is 5.91 Å². The Hall–Kier alpha value is -2.14. The molecule has 140 valence electrons. The summed E-state index contributed by atoms with van der Waals surface area (Å²) in [7, 11) is -3.79. The highest BCUT2D eigenvalue weighted by molar-refractivity contribution is 7.89. The Morgan fingerprint density at radius 2 is 1.76 bits per heavy atom. The third kappa shape index (κ3) is 8.49. The van der Waals surface area contributed by atoms with Crippen molar-refractivity contribution in [1.29, 1.82) is 0 Å². The van der Waals surface area contributed by atoms with Crippen molar-refractivity contribution < 1.29 is 35.9 Å². The second-order valence-corrected chi connectivity index (χ2v) is 6.78. The minimum absolute atomic E-state index is 0.0259. The molecule has 0 aliphatic heterocycles. The first kappa shape index (κ1) is 20.9. The van der Waals surface area contributed by atoms with E-state index in [1.165, 1.54) is 17.4 Å². The summed E-state index contributed by atoms with van der Waals surface area (Å²) in [5.74, 6) is -2.03. The summed E-state index contributed by atoms with van der Waals surface area (Å²) >= 11 is 0. The molecule has 0 aliphatic carbocycles. The number of benzene rings is 1. The molecular weight excluding hydrogens is 365 g/mol. The average Bonchev–Trinajstić information content (AvgIpc) is 2.50. The molecule has 0 aromatic heterocycles. The number of carbonyl (C=O) groups excluding carboxylic acids is 2. The van der Waals surface area contributed by atoms with Crippen molar-refractivity contribution in [2.24, 2.45) is 0 Å². The fraction of sp³-hybridized carbons (Fsp3) is 0.429. The first-order chi connectivity index (χ1) is 11.5. The van der Waals surface area contributed by atoms with Gasteiger partial charge in [-0.2, -0.15) is 13.2 Å². The second-order valence-electron chi connectivity index (χ2n) is 5.01. The minimum atomic E-state index is -4.56. The maximum Gasteiger partial charge on any atom is 0.405 e. The third-order valence-corrected chi connectivity index (χ3v) is 4.28. The van der Waals surface area contributed by atoms with Crippen molar-refractivity contribution in [2.45, 2.75) is 24.4 Å². The van der Waals surface area contributed by atoms with Crippen molar-refractivity contribution in [3.63, 3.8) is 0 Å². The van der Waals surface area contributed by atoms with Gasteiger partial charge < -0.3 is 10.1 Å². The van der Waals surface area contributed by atoms with E-state index in [9.17, 15) is 31.2 Å². The molecule has 1 aromatic rings. The van der Waals surface area contributed by atoms with Gasteiger partial charge in [-0.3, -0.25) is 9.59 Å². The Bertz CT molecular complexity index is 702. The highest BCUT2D eigenvalue weighted by Crippen LogP contribution is 2.12. The van der Waals surface area contributed by atoms with Gasteiger partial charge in [-0.1, -0.05) is 17.7 Å². The van der Waals surface area contributed by atoms with Gasteiger partial charge in [-0.05, 0) is 19.1 Å². The number of sulfonamides is 1. The van der Waals surface area contributed by atoms with E-state index in [0.29, 0.717) is 0 Å². The number of hydrogen-bond donors (Lipinski definition) is 2. The lowest BCUT2D eigenvalue weighted by Crippen LogP contribution is -2.36. The largest absolute Gasteiger partial charge is 0.456 e. The van der Waals surface area contributed by atoms with E-state index in [1.807, 2.05) is 0 Å². The number of nitrogens with one attached hydrogen (secondary N) is 2. The molecule has 7 nitrogen and oxygen atoms in total. The van der Waals surface area contributed by atoms with Crippen LogP contribution in [0.25, 0.3) is 0 Å². The Labute approximate surface area is 142 Å². The minimum Gasteiger partial charge on any atom is -0.456 e. The molecule has 0 saturated carbocycles. The zero-order chi connectivity index (χ0) is 19.1. The van der Waals surface area contributed by atoms with Gasteiger partial charge in [-0.15, -0.1) is 0 Å². The number of ether oxygens (including phenoxy) is 1. The van der Waals surface area contributed by atoms with Gasteiger partial charge in [-0.25, -0.2) is 13.1 Å². The molecule has 0 spiro atoms. The van der Waals surface area contributed by atoms with Crippen LogP contribution in [0.1, 0.15) is 12.0 Å². The van der Waals surface area contributed by atoms with E-state index < -0.39 is 41.2 Å². The smallest absolute Gasteiger partial charge is 0.405 e. The maximum absolute atomic E-state index is 11.9. The molecule has 1 amide bonds. The molecule has 0 radical (unpaired) electrons. The van der Waals surface area contributed by atoms with Crippen LogP contribution in [0.4, 0.5) is 13.2 Å². The topological polar surface area (TPSA) is 102 Å². The lowest BCUT2D eigenvalue weighted by molar-refractivity contribution is -0.151. The van der Waals surface area contributed by atoms with Crippen LogP contribution in [-0.4, -0.2) is 46.2 Å². The van der Waals surface area contributed by atoms with Crippen molar-refractivity contribution in [3.8, 4) is 0 Å². The summed E-state index contributed by atoms with van der Waals surface area (Å²) in [4.78, 5) is 22.4. The lowest BCUT2D eigenvalue weighted by atomic mass is 10.2. The van der Waals surface area contributed by atoms with Crippen LogP contribution in [-0.2, 0) is 24.3 Å². The van der Waals surface area contributed by atoms with Crippen molar-refractivity contribution in [2.75, 3.05) is 19.7 Å². The standard InChI is InChI=1S/C14H17F3N2O5S/c1-10-2-4-11(5-3-10)25(22,23)19-7-6-13(21)24-8-12(20)18-9-14(15,16)17/h2-5,19H,6-9H2,1H3,(H,18,20). The van der Waals surface area contributed by atoms with Gasteiger partial charge in [0.15, 0.2) is 6.61 Å². The molecule has 11 heteroatoms. The van der Waals surface area contributed by atoms with E-state index in [1.54, 1.807) is 19.1 Å². The van der Waals surface area contributed by atoms with Crippen molar-refractivity contribution in [1.82, 2.24) is 10.0 Å². The molecule has 2 N–H and O–H groups in total. The number of halogens is 3. The SMILES string of the molecule is Cc1ccc(S(=O)(=O)NCCC(=O)OCC(=O)NCC(F)(F)F)cc1. The van der Waals surface area contributed by atoms with Crippen LogP contribution in [0.15, 0.2) is 29.2 Å². The van der Waals surface area contributed by atoms with E-state index in [2.05, 4.69) is 9.46 Å². The summed E-state index contributed by atoms with van der Waals surface area (Å²) < 4.78 is 66.1. The van der Waals surface area contributed by atoms with Crippen LogP contribution in [0.5, 0.6) is 0 Å². The zero-order valence-corrected chi connectivity index (χ0v) is 14.0. The molecule has 1 aromatic carbocycles. The summed E-state index contributed by atoms with van der Waals surface area (Å²) in [6, 6.07) is 6.03. The van der Waals surface area contributed by atoms with Crippen molar-refractivity contribution >= 4 is 21.9 Å². The van der Waals surface area contributed by atoms with Gasteiger partial charge in [0, 0.05) is 6.54 Å². The molecule has 25 heavy (non-hydrogen) atoms. The summed E-state index contributed by atoms with van der Waals surface area (Å²) in [5.41, 5.74) is 0.881. The van der Waals surface area contributed by atoms with E-state index in [4.69, 9.17) is 0 Å². The first-order valence-electron chi connectivity index (χ1n) is 7.05. The zero-order valence-electron chi connectivity index (χ0n) is 13.2. The second kappa shape index (κ2) is 8.81. The van der Waals surface area contributed by atoms with E-state index in [-0.39, 0.29) is 17.9 Å². The molecule has 0 heterocycles. The van der Waals surface area contributed by atoms with Gasteiger partial charge >= 0.3 is 12.1 Å². The third-order valence-electron chi connectivity index (χ3n) is 2.80. The van der Waals surface area contributed by atoms with Crippen molar-refractivity contribution in [3.05, 3.63) is 29.8 Å². The number of esters is 1. The Morgan fingerprint density at radius 3 is 2.32 bits per heavy atom. The first-order valence-corrected chi connectivity index (χ1v) is 8.53. The quantitative estimate of drug-likeness (QED) is 0.650. The number of carbonyl (C=O) groups is 2. The maximum atomic E-state index is 11.9. The predicted octanol–water partition coefficient (Wildman–Crippen LogP) is 0.885. The number of hydrogen-bond acceptors (Lipinski definition) is 5. The fourth-order valence-electron chi connectivity index (χ4n) is 1.56. The van der Waals surface area contributed by atoms with Gasteiger partial charge in [0.05, 0.1) is 11.3 Å². The highest BCUT2D eigenvalue weighted by atomic mass is 32.2. The number of amides is 1. The summed E-state index contributed by atoms with van der Waals surface area (Å²) in [6.07, 6.45) is -4.94. The van der Waals surface area contributed by atoms with Crippen LogP contribution in [0, 0.1) is 6.92 Å². The summed E-state index contributed by atoms with van der Waals surface area (Å²) in [6.45, 7) is -0.886. The van der Waals surface area contributed by atoms with Crippen LogP contribution >= 0.6 is 0 Å². The highest BCUT2D eigenvalue weighted by Gasteiger charge is 2.27. The number of alkyl halides is 3. The van der Waals surface area contributed by atoms with Crippen LogP contribution in [0.2, 0.25) is 0 Å². The molecule has 0 fully saturated rings. The Morgan fingerprint density at radius 1 is 1.16 bits per heavy atom. The molecule has 1 rings (SSSR count). The van der Waals surface area contributed by atoms with Gasteiger partial charge in [0.2, 0.25) is 10.0 Å². The molecule has 0 bridgehead atoms. The normalized spacial score (nSPS) is 11.8. The average molecular weight is 382 g/mol. The summed E-state index contributed by atoms with van der Waals surface area (Å²) in [5, 5.41) is 1.53. The van der Waals surface area contributed by atoms with Gasteiger partial charge in [0.1, 0.15) is 6.54 Å². The van der Waals surface area contributed by atoms with Crippen LogP contribution in [0.3, 0.4) is 0 Å². The molecular formula is C14H17F3N2O5S. The molecule has 0 atom stereocenters. The number of rotatable bonds is 8. The monoisotopic (exact) mass is 382 g/mol. The molecule has 0 unspecified atom stereocenters. The number of aryl methyl sites for hydroxylation is 1. The Kier molecular flexibility index (Phi) is 7.37. The predicted molar refractivity (Wildman–Crippen MR) is 81.0 cm³/mol. The van der Waals surface area contributed by atoms with Crippen LogP contribution < -0.4 is 10.0 Å². The lowest BCUT2D eigenvalue weighted by Gasteiger charge is -2.09. The molecule has 0 aliphatic rings. The Balaban J connectivity index is 2.32. The van der Waals surface area contributed by atoms with E-state index in [0.717, 1.165) is 5.56 Å². The fourth-order valence-corrected chi connectivity index (χ4v) is 2.59. The molecule has 0 saturated heterocycles.